The lowest BCUT2D eigenvalue weighted by atomic mass is 10.4. The van der Waals surface area contributed by atoms with Crippen LogP contribution in [0.2, 0.25) is 0 Å². The van der Waals surface area contributed by atoms with Crippen molar-refractivity contribution < 1.29 is 4.79 Å². The molecular formula is C6H8NOS. The van der Waals surface area contributed by atoms with Crippen molar-refractivity contribution in [3.8, 4) is 12.3 Å². The number of rotatable bonds is 4. The van der Waals surface area contributed by atoms with E-state index in [-0.39, 0.29) is 5.25 Å². The van der Waals surface area contributed by atoms with Crippen LogP contribution in [0.25, 0.3) is 0 Å². The van der Waals surface area contributed by atoms with Crippen molar-refractivity contribution in [1.82, 2.24) is 5.32 Å². The smallest absolute Gasteiger partial charge is 0.309 e. The SMILES string of the molecule is C#CC(CN[C]=O)SC. The van der Waals surface area contributed by atoms with Crippen LogP contribution in [0, 0.1) is 12.3 Å². The van der Waals surface area contributed by atoms with Gasteiger partial charge in [-0.3, -0.25) is 4.79 Å². The van der Waals surface area contributed by atoms with Crippen LogP contribution in [0.3, 0.4) is 0 Å². The zero-order chi connectivity index (χ0) is 7.11. The van der Waals surface area contributed by atoms with Crippen molar-refractivity contribution in [2.24, 2.45) is 0 Å². The summed E-state index contributed by atoms with van der Waals surface area (Å²) in [6, 6.07) is 0. The molecular weight excluding hydrogens is 134 g/mol. The summed E-state index contributed by atoms with van der Waals surface area (Å²) >= 11 is 1.53. The topological polar surface area (TPSA) is 29.1 Å². The zero-order valence-corrected chi connectivity index (χ0v) is 5.99. The number of thioether (sulfide) groups is 1. The van der Waals surface area contributed by atoms with E-state index in [4.69, 9.17) is 6.42 Å². The molecule has 0 aromatic carbocycles. The quantitative estimate of drug-likeness (QED) is 0.442. The van der Waals surface area contributed by atoms with E-state index in [1.165, 1.54) is 11.8 Å². The standard InChI is InChI=1S/C6H8NOS/c1-3-6(9-2)4-7-5-8/h1,6H,4H2,2H3,(H,7,8). The molecule has 1 radical (unpaired) electrons. The summed E-state index contributed by atoms with van der Waals surface area (Å²) in [4.78, 5) is 9.63. The highest BCUT2D eigenvalue weighted by Gasteiger charge is 1.98. The molecule has 0 aliphatic rings. The molecule has 0 aliphatic carbocycles. The fraction of sp³-hybridized carbons (Fsp3) is 0.500. The zero-order valence-electron chi connectivity index (χ0n) is 5.18. The summed E-state index contributed by atoms with van der Waals surface area (Å²) in [5.74, 6) is 2.51. The molecule has 0 aromatic heterocycles. The molecule has 1 amide bonds. The molecule has 3 heteroatoms. The first kappa shape index (κ1) is 8.38. The minimum atomic E-state index is 0.0754. The van der Waals surface area contributed by atoms with Crippen LogP contribution in [-0.4, -0.2) is 24.5 Å². The molecule has 0 fully saturated rings. The minimum absolute atomic E-state index is 0.0754. The Morgan fingerprint density at radius 3 is 2.89 bits per heavy atom. The fourth-order valence-electron chi connectivity index (χ4n) is 0.345. The van der Waals surface area contributed by atoms with Gasteiger partial charge in [0.05, 0.1) is 5.25 Å². The first-order valence-corrected chi connectivity index (χ1v) is 3.73. The molecule has 0 spiro atoms. The van der Waals surface area contributed by atoms with Gasteiger partial charge >= 0.3 is 6.41 Å². The highest BCUT2D eigenvalue weighted by atomic mass is 32.2. The molecule has 1 atom stereocenters. The predicted molar refractivity (Wildman–Crippen MR) is 39.8 cm³/mol. The molecule has 1 N–H and O–H groups in total. The van der Waals surface area contributed by atoms with Crippen LogP contribution < -0.4 is 5.32 Å². The maximum absolute atomic E-state index is 9.63. The van der Waals surface area contributed by atoms with Crippen LogP contribution in [0.5, 0.6) is 0 Å². The Balaban J connectivity index is 3.34. The molecule has 0 saturated heterocycles. The normalized spacial score (nSPS) is 11.6. The molecule has 0 aliphatic heterocycles. The summed E-state index contributed by atoms with van der Waals surface area (Å²) in [6.07, 6.45) is 8.54. The van der Waals surface area contributed by atoms with Crippen LogP contribution in [-0.2, 0) is 4.79 Å². The number of hydrogen-bond acceptors (Lipinski definition) is 2. The van der Waals surface area contributed by atoms with Gasteiger partial charge in [-0.25, -0.2) is 0 Å². The van der Waals surface area contributed by atoms with Gasteiger partial charge in [0.25, 0.3) is 0 Å². The lowest BCUT2D eigenvalue weighted by Crippen LogP contribution is -2.21. The van der Waals surface area contributed by atoms with E-state index >= 15 is 0 Å². The Morgan fingerprint density at radius 2 is 2.56 bits per heavy atom. The Morgan fingerprint density at radius 1 is 1.89 bits per heavy atom. The number of nitrogens with one attached hydrogen (secondary N) is 1. The van der Waals surface area contributed by atoms with E-state index in [0.29, 0.717) is 6.54 Å². The molecule has 9 heavy (non-hydrogen) atoms. The predicted octanol–water partition coefficient (Wildman–Crippen LogP) is 0.00800. The highest BCUT2D eigenvalue weighted by molar-refractivity contribution is 7.99. The van der Waals surface area contributed by atoms with Gasteiger partial charge in [-0.1, -0.05) is 5.92 Å². The molecule has 0 saturated carbocycles. The third-order valence-corrected chi connectivity index (χ3v) is 1.70. The van der Waals surface area contributed by atoms with Crippen molar-refractivity contribution in [1.29, 1.82) is 0 Å². The molecule has 0 aromatic rings. The fourth-order valence-corrected chi connectivity index (χ4v) is 0.731. The third-order valence-electron chi connectivity index (χ3n) is 0.830. The Bertz CT molecular complexity index is 119. The van der Waals surface area contributed by atoms with Crippen molar-refractivity contribution in [3.05, 3.63) is 0 Å². The van der Waals surface area contributed by atoms with Gasteiger partial charge in [-0.15, -0.1) is 18.2 Å². The number of carbonyl (C=O) groups excluding carboxylic acids is 1. The van der Waals surface area contributed by atoms with Crippen molar-refractivity contribution in [3.63, 3.8) is 0 Å². The molecule has 0 bridgehead atoms. The van der Waals surface area contributed by atoms with Gasteiger partial charge in [0, 0.05) is 6.54 Å². The summed E-state index contributed by atoms with van der Waals surface area (Å²) in [5, 5.41) is 2.46. The number of amides is 1. The largest absolute Gasteiger partial charge is 0.346 e. The van der Waals surface area contributed by atoms with Gasteiger partial charge in [0.2, 0.25) is 0 Å². The van der Waals surface area contributed by atoms with E-state index in [2.05, 4.69) is 11.2 Å². The van der Waals surface area contributed by atoms with E-state index in [9.17, 15) is 4.79 Å². The van der Waals surface area contributed by atoms with Crippen molar-refractivity contribution >= 4 is 18.2 Å². The van der Waals surface area contributed by atoms with Crippen molar-refractivity contribution in [2.75, 3.05) is 12.8 Å². The first-order chi connectivity index (χ1) is 4.35. The van der Waals surface area contributed by atoms with E-state index in [1.54, 1.807) is 6.41 Å². The molecule has 2 nitrogen and oxygen atoms in total. The second-order valence-corrected chi connectivity index (χ2v) is 2.41. The Labute approximate surface area is 59.4 Å². The summed E-state index contributed by atoms with van der Waals surface area (Å²) in [6.45, 7) is 0.501. The maximum atomic E-state index is 9.63. The van der Waals surface area contributed by atoms with Crippen LogP contribution in [0.15, 0.2) is 0 Å². The van der Waals surface area contributed by atoms with Crippen LogP contribution in [0.1, 0.15) is 0 Å². The summed E-state index contributed by atoms with van der Waals surface area (Å²) < 4.78 is 0. The molecule has 1 unspecified atom stereocenters. The van der Waals surface area contributed by atoms with Gasteiger partial charge in [-0.2, -0.15) is 0 Å². The molecule has 0 heterocycles. The Kier molecular flexibility index (Phi) is 5.14. The monoisotopic (exact) mass is 142 g/mol. The van der Waals surface area contributed by atoms with E-state index in [1.807, 2.05) is 6.26 Å². The Hall–Kier alpha value is -0.620. The van der Waals surface area contributed by atoms with Crippen LogP contribution >= 0.6 is 11.8 Å². The van der Waals surface area contributed by atoms with Gasteiger partial charge in [0.1, 0.15) is 0 Å². The second kappa shape index (κ2) is 5.52. The average molecular weight is 142 g/mol. The number of hydrogen-bond donors (Lipinski definition) is 1. The molecule has 49 valence electrons. The third kappa shape index (κ3) is 3.92. The lowest BCUT2D eigenvalue weighted by Gasteiger charge is -2.02. The van der Waals surface area contributed by atoms with Crippen molar-refractivity contribution in [2.45, 2.75) is 5.25 Å². The summed E-state index contributed by atoms with van der Waals surface area (Å²) in [7, 11) is 0. The van der Waals surface area contributed by atoms with Crippen LogP contribution in [0.4, 0.5) is 0 Å². The summed E-state index contributed by atoms with van der Waals surface area (Å²) in [5.41, 5.74) is 0. The lowest BCUT2D eigenvalue weighted by molar-refractivity contribution is 0.543. The molecule has 0 rings (SSSR count). The van der Waals surface area contributed by atoms with E-state index in [0.717, 1.165) is 0 Å². The van der Waals surface area contributed by atoms with Gasteiger partial charge in [-0.05, 0) is 6.26 Å². The minimum Gasteiger partial charge on any atom is -0.346 e. The first-order valence-electron chi connectivity index (χ1n) is 2.44. The second-order valence-electron chi connectivity index (χ2n) is 1.37. The van der Waals surface area contributed by atoms with Gasteiger partial charge < -0.3 is 5.32 Å². The highest BCUT2D eigenvalue weighted by Crippen LogP contribution is 2.01. The van der Waals surface area contributed by atoms with E-state index < -0.39 is 0 Å². The maximum Gasteiger partial charge on any atom is 0.309 e. The number of terminal acetylenes is 1. The van der Waals surface area contributed by atoms with Gasteiger partial charge in [0.15, 0.2) is 0 Å². The average Bonchev–Trinajstić information content (AvgIpc) is 1.91.